The van der Waals surface area contributed by atoms with Crippen molar-refractivity contribution in [3.05, 3.63) is 89.4 Å². The Bertz CT molecular complexity index is 1280. The van der Waals surface area contributed by atoms with Crippen molar-refractivity contribution in [2.24, 2.45) is 0 Å². The van der Waals surface area contributed by atoms with Gasteiger partial charge in [-0.25, -0.2) is 4.98 Å². The molecule has 4 rings (SSSR count). The summed E-state index contributed by atoms with van der Waals surface area (Å²) < 4.78 is 39.1. The van der Waals surface area contributed by atoms with Crippen LogP contribution in [0.25, 0.3) is 10.9 Å². The van der Waals surface area contributed by atoms with E-state index >= 15 is 0 Å². The van der Waals surface area contributed by atoms with Gasteiger partial charge in [0.15, 0.2) is 5.11 Å². The predicted octanol–water partition coefficient (Wildman–Crippen LogP) is 7.87. The van der Waals surface area contributed by atoms with E-state index in [1.807, 2.05) is 60.7 Å². The number of halogens is 4. The van der Waals surface area contributed by atoms with Crippen molar-refractivity contribution in [1.29, 1.82) is 0 Å². The van der Waals surface area contributed by atoms with Crippen LogP contribution < -0.4 is 10.6 Å². The molecular formula is C23H15ClF3N3S2. The van der Waals surface area contributed by atoms with E-state index in [0.29, 0.717) is 5.69 Å². The fourth-order valence-corrected chi connectivity index (χ4v) is 4.20. The van der Waals surface area contributed by atoms with E-state index in [-0.39, 0.29) is 15.8 Å². The number of alkyl halides is 3. The van der Waals surface area contributed by atoms with E-state index in [1.165, 1.54) is 23.9 Å². The van der Waals surface area contributed by atoms with Crippen LogP contribution in [0.2, 0.25) is 5.02 Å². The number of hydrogen-bond acceptors (Lipinski definition) is 3. The van der Waals surface area contributed by atoms with Crippen LogP contribution in [-0.2, 0) is 6.18 Å². The summed E-state index contributed by atoms with van der Waals surface area (Å²) in [7, 11) is 0. The molecule has 0 aliphatic rings. The van der Waals surface area contributed by atoms with E-state index in [9.17, 15) is 13.2 Å². The highest BCUT2D eigenvalue weighted by atomic mass is 35.5. The molecule has 162 valence electrons. The van der Waals surface area contributed by atoms with Crippen molar-refractivity contribution in [3.8, 4) is 0 Å². The van der Waals surface area contributed by atoms with Crippen LogP contribution in [0, 0.1) is 0 Å². The Labute approximate surface area is 197 Å². The molecular weight excluding hydrogens is 475 g/mol. The molecule has 0 atom stereocenters. The van der Waals surface area contributed by atoms with Gasteiger partial charge in [0.1, 0.15) is 5.03 Å². The van der Waals surface area contributed by atoms with E-state index in [2.05, 4.69) is 15.6 Å². The third-order valence-corrected chi connectivity index (χ3v) is 5.92. The molecule has 4 aromatic rings. The van der Waals surface area contributed by atoms with Gasteiger partial charge in [-0.2, -0.15) is 13.2 Å². The van der Waals surface area contributed by atoms with Crippen molar-refractivity contribution in [1.82, 2.24) is 4.98 Å². The number of nitrogens with zero attached hydrogens (tertiary/aromatic N) is 1. The average Bonchev–Trinajstić information content (AvgIpc) is 2.75. The Kier molecular flexibility index (Phi) is 6.55. The van der Waals surface area contributed by atoms with Crippen LogP contribution in [0.3, 0.4) is 0 Å². The molecule has 0 fully saturated rings. The zero-order valence-electron chi connectivity index (χ0n) is 16.3. The van der Waals surface area contributed by atoms with Gasteiger partial charge in [0, 0.05) is 21.7 Å². The Morgan fingerprint density at radius 3 is 2.31 bits per heavy atom. The monoisotopic (exact) mass is 489 g/mol. The Balaban J connectivity index is 1.39. The third-order valence-electron chi connectivity index (χ3n) is 4.44. The molecule has 9 heteroatoms. The maximum atomic E-state index is 13.0. The van der Waals surface area contributed by atoms with E-state index in [0.717, 1.165) is 26.9 Å². The van der Waals surface area contributed by atoms with E-state index < -0.39 is 11.7 Å². The van der Waals surface area contributed by atoms with E-state index in [4.69, 9.17) is 23.8 Å². The summed E-state index contributed by atoms with van der Waals surface area (Å²) in [6.07, 6.45) is -4.54. The van der Waals surface area contributed by atoms with Gasteiger partial charge in [0.05, 0.1) is 16.1 Å². The number of nitrogens with one attached hydrogen (secondary N) is 2. The lowest BCUT2D eigenvalue weighted by atomic mass is 10.2. The Hall–Kier alpha value is -2.81. The highest BCUT2D eigenvalue weighted by Crippen LogP contribution is 2.36. The minimum Gasteiger partial charge on any atom is -0.332 e. The van der Waals surface area contributed by atoms with Crippen molar-refractivity contribution in [2.45, 2.75) is 16.1 Å². The number of thiocarbonyl (C=S) groups is 1. The average molecular weight is 490 g/mol. The number of rotatable bonds is 4. The topological polar surface area (TPSA) is 37.0 Å². The van der Waals surface area contributed by atoms with Crippen LogP contribution >= 0.6 is 35.6 Å². The van der Waals surface area contributed by atoms with Gasteiger partial charge in [-0.15, -0.1) is 0 Å². The van der Waals surface area contributed by atoms with Gasteiger partial charge in [0.25, 0.3) is 0 Å². The summed E-state index contributed by atoms with van der Waals surface area (Å²) >= 11 is 12.4. The third kappa shape index (κ3) is 5.51. The van der Waals surface area contributed by atoms with Gasteiger partial charge in [-0.3, -0.25) is 0 Å². The van der Waals surface area contributed by atoms with Gasteiger partial charge in [-0.1, -0.05) is 47.6 Å². The summed E-state index contributed by atoms with van der Waals surface area (Å²) in [5.41, 5.74) is 0.899. The van der Waals surface area contributed by atoms with Crippen LogP contribution in [-0.4, -0.2) is 10.1 Å². The number of hydrogen-bond donors (Lipinski definition) is 2. The quantitative estimate of drug-likeness (QED) is 0.285. The minimum atomic E-state index is -4.54. The number of aromatic nitrogens is 1. The van der Waals surface area contributed by atoms with Gasteiger partial charge in [0.2, 0.25) is 0 Å². The summed E-state index contributed by atoms with van der Waals surface area (Å²) in [5.74, 6) is 0. The standard InChI is InChI=1S/C23H15ClF3N3S2/c24-19-11-8-16(13-18(19)23(25,26)27)29-22(31)28-15-6-9-17(10-7-15)32-21-12-5-14-3-1-2-4-20(14)30-21/h1-13H,(H2,28,29,31). The highest BCUT2D eigenvalue weighted by molar-refractivity contribution is 7.99. The summed E-state index contributed by atoms with van der Waals surface area (Å²) in [4.78, 5) is 5.64. The maximum absolute atomic E-state index is 13.0. The Morgan fingerprint density at radius 2 is 1.56 bits per heavy atom. The van der Waals surface area contributed by atoms with Crippen LogP contribution in [0.15, 0.2) is 88.8 Å². The SMILES string of the molecule is FC(F)(F)c1cc(NC(=S)Nc2ccc(Sc3ccc4ccccc4n3)cc2)ccc1Cl. The predicted molar refractivity (Wildman–Crippen MR) is 129 cm³/mol. The van der Waals surface area contributed by atoms with Crippen LogP contribution in [0.4, 0.5) is 24.5 Å². The molecule has 0 amide bonds. The number of pyridine rings is 1. The molecule has 0 spiro atoms. The second kappa shape index (κ2) is 9.36. The Morgan fingerprint density at radius 1 is 0.875 bits per heavy atom. The molecule has 0 unspecified atom stereocenters. The molecule has 0 saturated heterocycles. The summed E-state index contributed by atoms with van der Waals surface area (Å²) in [6, 6.07) is 23.0. The molecule has 32 heavy (non-hydrogen) atoms. The van der Waals surface area contributed by atoms with Gasteiger partial charge < -0.3 is 10.6 Å². The number of benzene rings is 3. The first-order valence-electron chi connectivity index (χ1n) is 9.36. The molecule has 1 aromatic heterocycles. The number of para-hydroxylation sites is 1. The van der Waals surface area contributed by atoms with Gasteiger partial charge >= 0.3 is 6.18 Å². The molecule has 3 nitrogen and oxygen atoms in total. The maximum Gasteiger partial charge on any atom is 0.417 e. The van der Waals surface area contributed by atoms with Crippen molar-refractivity contribution < 1.29 is 13.2 Å². The first-order chi connectivity index (χ1) is 15.3. The molecule has 0 saturated carbocycles. The molecule has 0 aliphatic carbocycles. The minimum absolute atomic E-state index is 0.164. The van der Waals surface area contributed by atoms with Crippen molar-refractivity contribution >= 4 is 63.0 Å². The fourth-order valence-electron chi connectivity index (χ4n) is 2.94. The lowest BCUT2D eigenvalue weighted by molar-refractivity contribution is -0.137. The highest BCUT2D eigenvalue weighted by Gasteiger charge is 2.33. The molecule has 0 bridgehead atoms. The summed E-state index contributed by atoms with van der Waals surface area (Å²) in [5, 5.41) is 7.47. The number of anilines is 2. The van der Waals surface area contributed by atoms with Crippen LogP contribution in [0.5, 0.6) is 0 Å². The lowest BCUT2D eigenvalue weighted by Crippen LogP contribution is -2.19. The summed E-state index contributed by atoms with van der Waals surface area (Å²) in [6.45, 7) is 0. The normalized spacial score (nSPS) is 11.4. The zero-order chi connectivity index (χ0) is 22.7. The van der Waals surface area contributed by atoms with Crippen molar-refractivity contribution in [2.75, 3.05) is 10.6 Å². The van der Waals surface area contributed by atoms with Crippen LogP contribution in [0.1, 0.15) is 5.56 Å². The van der Waals surface area contributed by atoms with E-state index in [1.54, 1.807) is 0 Å². The second-order valence-corrected chi connectivity index (χ2v) is 8.65. The molecule has 1 heterocycles. The molecule has 0 radical (unpaired) electrons. The number of fused-ring (bicyclic) bond motifs is 1. The van der Waals surface area contributed by atoms with Gasteiger partial charge in [-0.05, 0) is 66.8 Å². The first-order valence-corrected chi connectivity index (χ1v) is 11.0. The zero-order valence-corrected chi connectivity index (χ0v) is 18.7. The first kappa shape index (κ1) is 22.4. The second-order valence-electron chi connectivity index (χ2n) is 6.74. The lowest BCUT2D eigenvalue weighted by Gasteiger charge is -2.14. The van der Waals surface area contributed by atoms with Crippen molar-refractivity contribution in [3.63, 3.8) is 0 Å². The molecule has 3 aromatic carbocycles. The largest absolute Gasteiger partial charge is 0.417 e. The fraction of sp³-hybridized carbons (Fsp3) is 0.0435. The molecule has 0 aliphatic heterocycles. The molecule has 2 N–H and O–H groups in total. The smallest absolute Gasteiger partial charge is 0.332 e.